The molecule has 6 nitrogen and oxygen atoms in total. The van der Waals surface area contributed by atoms with Crippen LogP contribution in [0.4, 0.5) is 0 Å². The van der Waals surface area contributed by atoms with E-state index in [2.05, 4.69) is 15.0 Å². The van der Waals surface area contributed by atoms with Crippen LogP contribution in [0.5, 0.6) is 5.75 Å². The molecule has 0 radical (unpaired) electrons. The largest absolute Gasteiger partial charge is 0.496 e. The highest BCUT2D eigenvalue weighted by Gasteiger charge is 2.17. The van der Waals surface area contributed by atoms with Gasteiger partial charge in [-0.25, -0.2) is 9.78 Å². The molecule has 0 saturated carbocycles. The highest BCUT2D eigenvalue weighted by Crippen LogP contribution is 2.27. The number of nitrogens with one attached hydrogen (secondary N) is 1. The van der Waals surface area contributed by atoms with Crippen molar-refractivity contribution in [2.45, 2.75) is 6.92 Å². The Kier molecular flexibility index (Phi) is 3.74. The number of ether oxygens (including phenoxy) is 2. The van der Waals surface area contributed by atoms with Gasteiger partial charge in [0.05, 0.1) is 24.8 Å². The number of methoxy groups -OCH3 is 1. The third-order valence-electron chi connectivity index (χ3n) is 3.21. The zero-order chi connectivity index (χ0) is 15.5. The monoisotopic (exact) mass is 297 g/mol. The second-order valence-corrected chi connectivity index (χ2v) is 4.59. The van der Waals surface area contributed by atoms with Gasteiger partial charge in [-0.15, -0.1) is 0 Å². The number of aromatic amines is 1. The van der Waals surface area contributed by atoms with Crippen molar-refractivity contribution in [3.8, 4) is 17.3 Å². The Morgan fingerprint density at radius 1 is 1.32 bits per heavy atom. The van der Waals surface area contributed by atoms with E-state index in [1.165, 1.54) is 7.11 Å². The molecule has 0 aliphatic heterocycles. The van der Waals surface area contributed by atoms with Gasteiger partial charge in [-0.05, 0) is 25.1 Å². The van der Waals surface area contributed by atoms with E-state index >= 15 is 0 Å². The van der Waals surface area contributed by atoms with Gasteiger partial charge in [0, 0.05) is 12.3 Å². The normalized spacial score (nSPS) is 10.6. The van der Waals surface area contributed by atoms with Crippen LogP contribution in [0.3, 0.4) is 0 Å². The first-order valence-electron chi connectivity index (χ1n) is 6.89. The van der Waals surface area contributed by atoms with Gasteiger partial charge in [0.1, 0.15) is 17.0 Å². The number of hydrogen-bond donors (Lipinski definition) is 1. The Balaban J connectivity index is 2.10. The minimum absolute atomic E-state index is 0.308. The van der Waals surface area contributed by atoms with Crippen molar-refractivity contribution in [2.75, 3.05) is 13.7 Å². The van der Waals surface area contributed by atoms with Gasteiger partial charge in [-0.3, -0.25) is 4.98 Å². The fraction of sp³-hybridized carbons (Fsp3) is 0.188. The highest BCUT2D eigenvalue weighted by molar-refractivity contribution is 5.97. The van der Waals surface area contributed by atoms with E-state index in [0.29, 0.717) is 29.3 Å². The molecule has 1 N–H and O–H groups in total. The maximum atomic E-state index is 12.0. The third kappa shape index (κ3) is 2.50. The molecule has 0 spiro atoms. The number of imidazole rings is 1. The maximum absolute atomic E-state index is 12.0. The summed E-state index contributed by atoms with van der Waals surface area (Å²) in [5.74, 6) is 0.652. The fourth-order valence-corrected chi connectivity index (χ4v) is 2.20. The van der Waals surface area contributed by atoms with E-state index in [1.54, 1.807) is 25.3 Å². The standard InChI is InChI=1S/C16H15N3O3/c1-3-22-16(20)10-8-12-13(9-14(10)21-2)19-15(18-12)11-6-4-5-7-17-11/h4-9H,3H2,1-2H3,(H,18,19). The zero-order valence-corrected chi connectivity index (χ0v) is 12.3. The number of carbonyl (C=O) groups is 1. The molecule has 1 aromatic carbocycles. The molecule has 6 heteroatoms. The number of fused-ring (bicyclic) bond motifs is 1. The van der Waals surface area contributed by atoms with E-state index in [4.69, 9.17) is 9.47 Å². The van der Waals surface area contributed by atoms with Crippen LogP contribution in [0.1, 0.15) is 17.3 Å². The molecule has 0 saturated heterocycles. The molecule has 0 unspecified atom stereocenters. The Morgan fingerprint density at radius 3 is 2.86 bits per heavy atom. The minimum Gasteiger partial charge on any atom is -0.496 e. The lowest BCUT2D eigenvalue weighted by Gasteiger charge is -2.07. The summed E-state index contributed by atoms with van der Waals surface area (Å²) in [6.07, 6.45) is 1.70. The van der Waals surface area contributed by atoms with Crippen molar-refractivity contribution in [3.63, 3.8) is 0 Å². The van der Waals surface area contributed by atoms with Crippen LogP contribution in [0, 0.1) is 0 Å². The third-order valence-corrected chi connectivity index (χ3v) is 3.21. The summed E-state index contributed by atoms with van der Waals surface area (Å²) in [6.45, 7) is 2.07. The van der Waals surface area contributed by atoms with Crippen molar-refractivity contribution in [2.24, 2.45) is 0 Å². The molecule has 0 atom stereocenters. The number of carbonyl (C=O) groups excluding carboxylic acids is 1. The minimum atomic E-state index is -0.421. The Hall–Kier alpha value is -2.89. The lowest BCUT2D eigenvalue weighted by Crippen LogP contribution is -2.06. The second-order valence-electron chi connectivity index (χ2n) is 4.59. The maximum Gasteiger partial charge on any atom is 0.341 e. The molecule has 112 valence electrons. The molecule has 3 aromatic rings. The Bertz CT molecular complexity index is 812. The molecular formula is C16H15N3O3. The number of aromatic nitrogens is 3. The lowest BCUT2D eigenvalue weighted by atomic mass is 10.2. The predicted molar refractivity (Wildman–Crippen MR) is 81.8 cm³/mol. The average Bonchev–Trinajstić information content (AvgIpc) is 2.97. The molecule has 3 rings (SSSR count). The quantitative estimate of drug-likeness (QED) is 0.749. The number of H-pyrrole nitrogens is 1. The average molecular weight is 297 g/mol. The first-order valence-corrected chi connectivity index (χ1v) is 6.89. The van der Waals surface area contributed by atoms with Crippen LogP contribution in [-0.4, -0.2) is 34.6 Å². The van der Waals surface area contributed by atoms with Gasteiger partial charge in [-0.1, -0.05) is 6.07 Å². The number of nitrogens with zero attached hydrogens (tertiary/aromatic N) is 2. The zero-order valence-electron chi connectivity index (χ0n) is 12.3. The van der Waals surface area contributed by atoms with Crippen molar-refractivity contribution in [1.29, 1.82) is 0 Å². The molecular weight excluding hydrogens is 282 g/mol. The van der Waals surface area contributed by atoms with Gasteiger partial charge in [0.15, 0.2) is 5.82 Å². The first kappa shape index (κ1) is 14.1. The van der Waals surface area contributed by atoms with Gasteiger partial charge >= 0.3 is 5.97 Å². The van der Waals surface area contributed by atoms with Gasteiger partial charge in [-0.2, -0.15) is 0 Å². The van der Waals surface area contributed by atoms with Gasteiger partial charge < -0.3 is 14.5 Å². The van der Waals surface area contributed by atoms with E-state index in [1.807, 2.05) is 18.2 Å². The molecule has 0 aliphatic carbocycles. The smallest absolute Gasteiger partial charge is 0.341 e. The summed E-state index contributed by atoms with van der Waals surface area (Å²) in [5, 5.41) is 0. The topological polar surface area (TPSA) is 77.1 Å². The van der Waals surface area contributed by atoms with Crippen LogP contribution < -0.4 is 4.74 Å². The van der Waals surface area contributed by atoms with Gasteiger partial charge in [0.2, 0.25) is 0 Å². The van der Waals surface area contributed by atoms with E-state index in [0.717, 1.165) is 11.2 Å². The van der Waals surface area contributed by atoms with Crippen molar-refractivity contribution >= 4 is 17.0 Å². The van der Waals surface area contributed by atoms with E-state index < -0.39 is 5.97 Å². The summed E-state index contributed by atoms with van der Waals surface area (Å²) < 4.78 is 10.3. The van der Waals surface area contributed by atoms with Crippen molar-refractivity contribution < 1.29 is 14.3 Å². The molecule has 2 aromatic heterocycles. The highest BCUT2D eigenvalue weighted by atomic mass is 16.5. The second kappa shape index (κ2) is 5.85. The molecule has 0 fully saturated rings. The number of pyridine rings is 1. The first-order chi connectivity index (χ1) is 10.7. The molecule has 0 amide bonds. The van der Waals surface area contributed by atoms with E-state index in [9.17, 15) is 4.79 Å². The predicted octanol–water partition coefficient (Wildman–Crippen LogP) is 2.81. The van der Waals surface area contributed by atoms with E-state index in [-0.39, 0.29) is 0 Å². The van der Waals surface area contributed by atoms with Crippen LogP contribution >= 0.6 is 0 Å². The number of hydrogen-bond acceptors (Lipinski definition) is 5. The van der Waals surface area contributed by atoms with Crippen LogP contribution in [0.2, 0.25) is 0 Å². The van der Waals surface area contributed by atoms with Crippen LogP contribution in [-0.2, 0) is 4.74 Å². The summed E-state index contributed by atoms with van der Waals surface area (Å²) in [5.41, 5.74) is 2.53. The fourth-order valence-electron chi connectivity index (χ4n) is 2.20. The summed E-state index contributed by atoms with van der Waals surface area (Å²) in [6, 6.07) is 8.99. The summed E-state index contributed by atoms with van der Waals surface area (Å²) >= 11 is 0. The lowest BCUT2D eigenvalue weighted by molar-refractivity contribution is 0.0523. The summed E-state index contributed by atoms with van der Waals surface area (Å²) in [4.78, 5) is 23.9. The van der Waals surface area contributed by atoms with Gasteiger partial charge in [0.25, 0.3) is 0 Å². The molecule has 0 bridgehead atoms. The SMILES string of the molecule is CCOC(=O)c1cc2[nH]c(-c3ccccn3)nc2cc1OC. The van der Waals surface area contributed by atoms with Crippen molar-refractivity contribution in [3.05, 3.63) is 42.1 Å². The number of benzene rings is 1. The molecule has 0 aliphatic rings. The number of esters is 1. The Morgan fingerprint density at radius 2 is 2.18 bits per heavy atom. The van der Waals surface area contributed by atoms with Crippen molar-refractivity contribution in [1.82, 2.24) is 15.0 Å². The molecule has 2 heterocycles. The van der Waals surface area contributed by atoms with Crippen LogP contribution in [0.25, 0.3) is 22.6 Å². The Labute approximate surface area is 127 Å². The summed E-state index contributed by atoms with van der Waals surface area (Å²) in [7, 11) is 1.51. The number of rotatable bonds is 4. The molecule has 22 heavy (non-hydrogen) atoms. The van der Waals surface area contributed by atoms with Crippen LogP contribution in [0.15, 0.2) is 36.5 Å².